The number of nitriles is 1. The topological polar surface area (TPSA) is 52.5 Å². The minimum atomic E-state index is 0.664. The number of aryl methyl sites for hydroxylation is 1. The van der Waals surface area contributed by atoms with E-state index >= 15 is 0 Å². The third kappa shape index (κ3) is 2.32. The number of fused-ring (bicyclic) bond motifs is 1. The van der Waals surface area contributed by atoms with E-state index in [0.717, 1.165) is 27.5 Å². The molecule has 0 saturated heterocycles. The van der Waals surface area contributed by atoms with Crippen LogP contribution in [-0.2, 0) is 0 Å². The molecular weight excluding hydrogens is 302 g/mol. The number of rotatable bonds is 2. The van der Waals surface area contributed by atoms with Crippen LogP contribution >= 0.6 is 11.3 Å². The van der Waals surface area contributed by atoms with Crippen molar-refractivity contribution in [1.82, 2.24) is 9.97 Å². The minimum Gasteiger partial charge on any atom is -0.358 e. The van der Waals surface area contributed by atoms with Crippen LogP contribution in [0.5, 0.6) is 0 Å². The average molecular weight is 315 g/mol. The molecule has 2 aromatic carbocycles. The van der Waals surface area contributed by atoms with Crippen molar-refractivity contribution in [2.24, 2.45) is 0 Å². The fourth-order valence-electron chi connectivity index (χ4n) is 2.79. The Balaban J connectivity index is 1.80. The Bertz CT molecular complexity index is 1030. The molecular formula is C19H13N3S. The lowest BCUT2D eigenvalue weighted by molar-refractivity contribution is 1.29. The molecule has 0 unspecified atom stereocenters. The van der Waals surface area contributed by atoms with Crippen LogP contribution in [0.25, 0.3) is 32.7 Å². The molecule has 23 heavy (non-hydrogen) atoms. The smallest absolute Gasteiger partial charge is 0.126 e. The van der Waals surface area contributed by atoms with Crippen molar-refractivity contribution in [3.05, 3.63) is 65.2 Å². The van der Waals surface area contributed by atoms with Crippen molar-refractivity contribution < 1.29 is 0 Å². The lowest BCUT2D eigenvalue weighted by atomic mass is 10.1. The normalized spacial score (nSPS) is 10.8. The predicted molar refractivity (Wildman–Crippen MR) is 94.3 cm³/mol. The highest BCUT2D eigenvalue weighted by atomic mass is 32.1. The van der Waals surface area contributed by atoms with Crippen molar-refractivity contribution in [3.8, 4) is 27.9 Å². The minimum absolute atomic E-state index is 0.664. The number of H-pyrrole nitrogens is 1. The number of thiazole rings is 1. The molecule has 1 N–H and O–H groups in total. The molecule has 0 fully saturated rings. The molecule has 0 aliphatic rings. The molecule has 0 aliphatic carbocycles. The quantitative estimate of drug-likeness (QED) is 0.557. The summed E-state index contributed by atoms with van der Waals surface area (Å²) < 4.78 is 0. The Morgan fingerprint density at radius 3 is 2.65 bits per heavy atom. The summed E-state index contributed by atoms with van der Waals surface area (Å²) in [5.74, 6) is 0. The summed E-state index contributed by atoms with van der Waals surface area (Å²) in [6, 6.07) is 18.0. The summed E-state index contributed by atoms with van der Waals surface area (Å²) in [5, 5.41) is 13.2. The second-order valence-corrected chi connectivity index (χ2v) is 6.26. The number of hydrogen-bond donors (Lipinski definition) is 1. The van der Waals surface area contributed by atoms with Crippen molar-refractivity contribution in [2.45, 2.75) is 6.92 Å². The van der Waals surface area contributed by atoms with Crippen LogP contribution < -0.4 is 0 Å². The zero-order valence-corrected chi connectivity index (χ0v) is 13.3. The number of aromatic amines is 1. The van der Waals surface area contributed by atoms with Crippen LogP contribution in [0.2, 0.25) is 0 Å². The summed E-state index contributed by atoms with van der Waals surface area (Å²) in [7, 11) is 0. The first-order valence-electron chi connectivity index (χ1n) is 7.30. The number of nitrogens with one attached hydrogen (secondary N) is 1. The van der Waals surface area contributed by atoms with E-state index in [0.29, 0.717) is 5.56 Å². The third-order valence-corrected chi connectivity index (χ3v) is 4.78. The first kappa shape index (κ1) is 13.7. The number of hydrogen-bond acceptors (Lipinski definition) is 3. The van der Waals surface area contributed by atoms with E-state index in [9.17, 15) is 0 Å². The SMILES string of the molecule is Cc1[nH]c2ccccc2c1-c1nc(-c2ccc(C#N)cc2)cs1. The molecule has 4 rings (SSSR count). The van der Waals surface area contributed by atoms with E-state index in [1.165, 1.54) is 10.9 Å². The highest BCUT2D eigenvalue weighted by Gasteiger charge is 2.14. The van der Waals surface area contributed by atoms with Crippen LogP contribution in [0, 0.1) is 18.3 Å². The van der Waals surface area contributed by atoms with Gasteiger partial charge in [0.05, 0.1) is 17.3 Å². The highest BCUT2D eigenvalue weighted by molar-refractivity contribution is 7.13. The molecule has 4 heteroatoms. The van der Waals surface area contributed by atoms with E-state index in [-0.39, 0.29) is 0 Å². The summed E-state index contributed by atoms with van der Waals surface area (Å²) in [5.41, 5.74) is 6.08. The van der Waals surface area contributed by atoms with Crippen molar-refractivity contribution in [1.29, 1.82) is 5.26 Å². The molecule has 0 atom stereocenters. The third-order valence-electron chi connectivity index (χ3n) is 3.92. The summed E-state index contributed by atoms with van der Waals surface area (Å²) in [6.45, 7) is 2.08. The first-order chi connectivity index (χ1) is 11.3. The van der Waals surface area contributed by atoms with E-state index in [1.807, 2.05) is 36.4 Å². The maximum Gasteiger partial charge on any atom is 0.126 e. The van der Waals surface area contributed by atoms with Gasteiger partial charge in [0.1, 0.15) is 5.01 Å². The average Bonchev–Trinajstić information content (AvgIpc) is 3.18. The van der Waals surface area contributed by atoms with E-state index in [2.05, 4.69) is 35.5 Å². The van der Waals surface area contributed by atoms with Crippen LogP contribution in [0.1, 0.15) is 11.3 Å². The van der Waals surface area contributed by atoms with Gasteiger partial charge < -0.3 is 4.98 Å². The Labute approximate surface area is 137 Å². The Morgan fingerprint density at radius 1 is 1.09 bits per heavy atom. The molecule has 0 amide bonds. The van der Waals surface area contributed by atoms with Gasteiger partial charge in [0.15, 0.2) is 0 Å². The van der Waals surface area contributed by atoms with Gasteiger partial charge >= 0.3 is 0 Å². The van der Waals surface area contributed by atoms with Gasteiger partial charge in [-0.1, -0.05) is 30.3 Å². The van der Waals surface area contributed by atoms with Gasteiger partial charge in [-0.2, -0.15) is 5.26 Å². The monoisotopic (exact) mass is 315 g/mol. The summed E-state index contributed by atoms with van der Waals surface area (Å²) >= 11 is 1.64. The van der Waals surface area contributed by atoms with Gasteiger partial charge in [-0.25, -0.2) is 4.98 Å². The van der Waals surface area contributed by atoms with E-state index < -0.39 is 0 Å². The number of para-hydroxylation sites is 1. The molecule has 3 nitrogen and oxygen atoms in total. The zero-order valence-electron chi connectivity index (χ0n) is 12.5. The van der Waals surface area contributed by atoms with Crippen molar-refractivity contribution in [2.75, 3.05) is 0 Å². The van der Waals surface area contributed by atoms with Gasteiger partial charge in [0.25, 0.3) is 0 Å². The largest absolute Gasteiger partial charge is 0.358 e. The van der Waals surface area contributed by atoms with Crippen molar-refractivity contribution in [3.63, 3.8) is 0 Å². The zero-order chi connectivity index (χ0) is 15.8. The van der Waals surface area contributed by atoms with Crippen LogP contribution in [0.4, 0.5) is 0 Å². The van der Waals surface area contributed by atoms with Crippen LogP contribution in [0.15, 0.2) is 53.9 Å². The summed E-state index contributed by atoms with van der Waals surface area (Å²) in [6.07, 6.45) is 0. The lowest BCUT2D eigenvalue weighted by Crippen LogP contribution is -1.81. The Morgan fingerprint density at radius 2 is 1.87 bits per heavy atom. The molecule has 0 radical (unpaired) electrons. The molecule has 0 aliphatic heterocycles. The second-order valence-electron chi connectivity index (χ2n) is 5.40. The first-order valence-corrected chi connectivity index (χ1v) is 8.18. The molecule has 4 aromatic rings. The molecule has 0 bridgehead atoms. The van der Waals surface area contributed by atoms with Crippen LogP contribution in [0.3, 0.4) is 0 Å². The molecule has 2 heterocycles. The Kier molecular flexibility index (Phi) is 3.22. The van der Waals surface area contributed by atoms with E-state index in [4.69, 9.17) is 10.2 Å². The van der Waals surface area contributed by atoms with Crippen molar-refractivity contribution >= 4 is 22.2 Å². The highest BCUT2D eigenvalue weighted by Crippen LogP contribution is 2.35. The number of nitrogens with zero attached hydrogens (tertiary/aromatic N) is 2. The van der Waals surface area contributed by atoms with Crippen LogP contribution in [-0.4, -0.2) is 9.97 Å². The standard InChI is InChI=1S/C19H13N3S/c1-12-18(15-4-2-3-5-16(15)21-12)19-22-17(11-23-19)14-8-6-13(10-20)7-9-14/h2-9,11,21H,1H3. The summed E-state index contributed by atoms with van der Waals surface area (Å²) in [4.78, 5) is 8.23. The predicted octanol–water partition coefficient (Wildman–Crippen LogP) is 5.14. The molecule has 110 valence electrons. The van der Waals surface area contributed by atoms with E-state index in [1.54, 1.807) is 11.3 Å². The second kappa shape index (κ2) is 5.38. The molecule has 0 spiro atoms. The maximum atomic E-state index is 8.89. The molecule has 0 saturated carbocycles. The Hall–Kier alpha value is -2.90. The fourth-order valence-corrected chi connectivity index (χ4v) is 3.73. The fraction of sp³-hybridized carbons (Fsp3) is 0.0526. The number of aromatic nitrogens is 2. The van der Waals surface area contributed by atoms with Gasteiger partial charge in [0.2, 0.25) is 0 Å². The van der Waals surface area contributed by atoms with Gasteiger partial charge in [0, 0.05) is 33.1 Å². The maximum absolute atomic E-state index is 8.89. The van der Waals surface area contributed by atoms with Gasteiger partial charge in [-0.15, -0.1) is 11.3 Å². The van der Waals surface area contributed by atoms with Gasteiger partial charge in [-0.3, -0.25) is 0 Å². The van der Waals surface area contributed by atoms with Gasteiger partial charge in [-0.05, 0) is 25.1 Å². The lowest BCUT2D eigenvalue weighted by Gasteiger charge is -1.98. The molecule has 2 aromatic heterocycles. The number of benzene rings is 2.